The van der Waals surface area contributed by atoms with E-state index in [1.165, 1.54) is 0 Å². The molecule has 0 aliphatic rings. The number of halogens is 1. The van der Waals surface area contributed by atoms with Crippen LogP contribution in [0.1, 0.15) is 19.5 Å². The Kier molecular flexibility index (Phi) is 4.04. The molecule has 0 radical (unpaired) electrons. The average molecular weight is 322 g/mol. The van der Waals surface area contributed by atoms with Gasteiger partial charge in [0, 0.05) is 5.56 Å². The van der Waals surface area contributed by atoms with E-state index in [2.05, 4.69) is 39.7 Å². The topological polar surface area (TPSA) is 72.0 Å². The van der Waals surface area contributed by atoms with Gasteiger partial charge in [-0.05, 0) is 52.5 Å². The van der Waals surface area contributed by atoms with Crippen LogP contribution < -0.4 is 5.73 Å². The monoisotopic (exact) mass is 321 g/mol. The van der Waals surface area contributed by atoms with Crippen molar-refractivity contribution in [2.24, 2.45) is 5.92 Å². The predicted molar refractivity (Wildman–Crippen MR) is 79.8 cm³/mol. The van der Waals surface area contributed by atoms with E-state index < -0.39 is 0 Å². The zero-order valence-corrected chi connectivity index (χ0v) is 12.5. The van der Waals surface area contributed by atoms with Gasteiger partial charge in [0.1, 0.15) is 11.6 Å². The van der Waals surface area contributed by atoms with Gasteiger partial charge >= 0.3 is 0 Å². The highest BCUT2D eigenvalue weighted by Crippen LogP contribution is 2.27. The first-order valence-electron chi connectivity index (χ1n) is 6.08. The molecule has 4 nitrogen and oxygen atoms in total. The molecule has 0 saturated heterocycles. The van der Waals surface area contributed by atoms with Gasteiger partial charge in [0.15, 0.2) is 5.82 Å². The first kappa shape index (κ1) is 13.8. The standard InChI is InChI=1S/C14H16BrN3O/c1-8(2)7-11-12(15)13(16)18-14(17-11)9-3-5-10(19)6-4-9/h3-6,8,19H,7H2,1-2H3,(H2,16,17,18). The van der Waals surface area contributed by atoms with Gasteiger partial charge in [0.2, 0.25) is 0 Å². The van der Waals surface area contributed by atoms with Crippen LogP contribution in [0.2, 0.25) is 0 Å². The van der Waals surface area contributed by atoms with E-state index in [-0.39, 0.29) is 5.75 Å². The number of nitrogen functional groups attached to an aromatic ring is 1. The lowest BCUT2D eigenvalue weighted by atomic mass is 10.1. The molecule has 0 aliphatic heterocycles. The largest absolute Gasteiger partial charge is 0.508 e. The zero-order chi connectivity index (χ0) is 14.0. The van der Waals surface area contributed by atoms with Crippen molar-refractivity contribution in [3.63, 3.8) is 0 Å². The van der Waals surface area contributed by atoms with Gasteiger partial charge in [-0.2, -0.15) is 0 Å². The van der Waals surface area contributed by atoms with E-state index in [0.29, 0.717) is 17.6 Å². The summed E-state index contributed by atoms with van der Waals surface area (Å²) in [6.45, 7) is 4.26. The lowest BCUT2D eigenvalue weighted by Gasteiger charge is -2.10. The van der Waals surface area contributed by atoms with Gasteiger partial charge in [0.05, 0.1) is 10.2 Å². The average Bonchev–Trinajstić information content (AvgIpc) is 2.35. The van der Waals surface area contributed by atoms with Crippen molar-refractivity contribution >= 4 is 21.7 Å². The third kappa shape index (κ3) is 3.23. The summed E-state index contributed by atoms with van der Waals surface area (Å²) in [6, 6.07) is 6.77. The summed E-state index contributed by atoms with van der Waals surface area (Å²) in [4.78, 5) is 8.83. The van der Waals surface area contributed by atoms with Crippen LogP contribution in [0.25, 0.3) is 11.4 Å². The molecule has 100 valence electrons. The quantitative estimate of drug-likeness (QED) is 0.908. The first-order chi connectivity index (χ1) is 8.97. The number of nitrogens with zero attached hydrogens (tertiary/aromatic N) is 2. The highest BCUT2D eigenvalue weighted by molar-refractivity contribution is 9.10. The minimum absolute atomic E-state index is 0.219. The maximum atomic E-state index is 9.30. The fourth-order valence-electron chi connectivity index (χ4n) is 1.77. The van der Waals surface area contributed by atoms with E-state index in [4.69, 9.17) is 5.73 Å². The van der Waals surface area contributed by atoms with Gasteiger partial charge in [-0.15, -0.1) is 0 Å². The van der Waals surface area contributed by atoms with Gasteiger partial charge in [0.25, 0.3) is 0 Å². The lowest BCUT2D eigenvalue weighted by Crippen LogP contribution is -2.05. The Morgan fingerprint density at radius 3 is 2.42 bits per heavy atom. The number of aromatic hydroxyl groups is 1. The third-order valence-electron chi connectivity index (χ3n) is 2.67. The molecule has 3 N–H and O–H groups in total. The molecule has 0 spiro atoms. The molecule has 1 heterocycles. The number of anilines is 1. The molecular formula is C14H16BrN3O. The number of aromatic nitrogens is 2. The smallest absolute Gasteiger partial charge is 0.161 e. The summed E-state index contributed by atoms with van der Waals surface area (Å²) >= 11 is 3.44. The van der Waals surface area contributed by atoms with Crippen molar-refractivity contribution in [1.82, 2.24) is 9.97 Å². The molecule has 2 rings (SSSR count). The molecule has 0 saturated carbocycles. The second-order valence-electron chi connectivity index (χ2n) is 4.84. The number of benzene rings is 1. The predicted octanol–water partition coefficient (Wildman–Crippen LogP) is 3.39. The van der Waals surface area contributed by atoms with E-state index in [9.17, 15) is 5.11 Å². The van der Waals surface area contributed by atoms with E-state index in [1.54, 1.807) is 24.3 Å². The molecule has 0 unspecified atom stereocenters. The van der Waals surface area contributed by atoms with Crippen molar-refractivity contribution in [1.29, 1.82) is 0 Å². The molecule has 0 amide bonds. The molecule has 1 aromatic carbocycles. The maximum absolute atomic E-state index is 9.30. The molecule has 0 aliphatic carbocycles. The van der Waals surface area contributed by atoms with Crippen LogP contribution in [0.5, 0.6) is 5.75 Å². The fourth-order valence-corrected chi connectivity index (χ4v) is 2.11. The Hall–Kier alpha value is -1.62. The van der Waals surface area contributed by atoms with E-state index in [1.807, 2.05) is 0 Å². The second kappa shape index (κ2) is 5.57. The van der Waals surface area contributed by atoms with E-state index in [0.717, 1.165) is 22.2 Å². The Bertz CT molecular complexity index is 582. The summed E-state index contributed by atoms with van der Waals surface area (Å²) < 4.78 is 0.767. The van der Waals surface area contributed by atoms with Crippen LogP contribution in [-0.4, -0.2) is 15.1 Å². The van der Waals surface area contributed by atoms with Gasteiger partial charge in [-0.25, -0.2) is 9.97 Å². The number of hydrogen-bond acceptors (Lipinski definition) is 4. The first-order valence-corrected chi connectivity index (χ1v) is 6.88. The van der Waals surface area contributed by atoms with Crippen molar-refractivity contribution in [2.45, 2.75) is 20.3 Å². The Balaban J connectivity index is 2.46. The van der Waals surface area contributed by atoms with Crippen LogP contribution in [0, 0.1) is 5.92 Å². The molecule has 5 heteroatoms. The summed E-state index contributed by atoms with van der Waals surface area (Å²) in [6.07, 6.45) is 0.832. The molecule has 0 fully saturated rings. The molecule has 0 atom stereocenters. The Morgan fingerprint density at radius 2 is 1.84 bits per heavy atom. The summed E-state index contributed by atoms with van der Waals surface area (Å²) in [5.41, 5.74) is 7.66. The minimum atomic E-state index is 0.219. The number of nitrogens with two attached hydrogens (primary N) is 1. The molecule has 0 bridgehead atoms. The number of phenols is 1. The van der Waals surface area contributed by atoms with Crippen LogP contribution in [0.3, 0.4) is 0 Å². The highest BCUT2D eigenvalue weighted by atomic mass is 79.9. The number of rotatable bonds is 3. The van der Waals surface area contributed by atoms with Crippen molar-refractivity contribution < 1.29 is 5.11 Å². The van der Waals surface area contributed by atoms with Crippen LogP contribution in [0.15, 0.2) is 28.7 Å². The maximum Gasteiger partial charge on any atom is 0.161 e. The van der Waals surface area contributed by atoms with Crippen molar-refractivity contribution in [3.05, 3.63) is 34.4 Å². The van der Waals surface area contributed by atoms with Gasteiger partial charge in [-0.1, -0.05) is 13.8 Å². The number of hydrogen-bond donors (Lipinski definition) is 2. The summed E-state index contributed by atoms with van der Waals surface area (Å²) in [7, 11) is 0. The minimum Gasteiger partial charge on any atom is -0.508 e. The second-order valence-corrected chi connectivity index (χ2v) is 5.63. The van der Waals surface area contributed by atoms with Crippen LogP contribution in [-0.2, 0) is 6.42 Å². The van der Waals surface area contributed by atoms with E-state index >= 15 is 0 Å². The van der Waals surface area contributed by atoms with Crippen LogP contribution in [0.4, 0.5) is 5.82 Å². The molecule has 2 aromatic rings. The van der Waals surface area contributed by atoms with Gasteiger partial charge < -0.3 is 10.8 Å². The zero-order valence-electron chi connectivity index (χ0n) is 10.9. The molecule has 19 heavy (non-hydrogen) atoms. The Morgan fingerprint density at radius 1 is 1.21 bits per heavy atom. The van der Waals surface area contributed by atoms with Gasteiger partial charge in [-0.3, -0.25) is 0 Å². The SMILES string of the molecule is CC(C)Cc1nc(-c2ccc(O)cc2)nc(N)c1Br. The normalized spacial score (nSPS) is 10.9. The molecular weight excluding hydrogens is 306 g/mol. The summed E-state index contributed by atoms with van der Waals surface area (Å²) in [5.74, 6) is 1.72. The molecule has 1 aromatic heterocycles. The van der Waals surface area contributed by atoms with Crippen molar-refractivity contribution in [2.75, 3.05) is 5.73 Å². The fraction of sp³-hybridized carbons (Fsp3) is 0.286. The highest BCUT2D eigenvalue weighted by Gasteiger charge is 2.12. The lowest BCUT2D eigenvalue weighted by molar-refractivity contribution is 0.475. The third-order valence-corrected chi connectivity index (χ3v) is 3.54. The van der Waals surface area contributed by atoms with Crippen molar-refractivity contribution in [3.8, 4) is 17.1 Å². The Labute approximate surface area is 120 Å². The summed E-state index contributed by atoms with van der Waals surface area (Å²) in [5, 5.41) is 9.30. The van der Waals surface area contributed by atoms with Crippen LogP contribution >= 0.6 is 15.9 Å². The number of phenolic OH excluding ortho intramolecular Hbond substituents is 1.